The number of pyridine rings is 1. The Morgan fingerprint density at radius 2 is 2.03 bits per heavy atom. The molecule has 0 aliphatic carbocycles. The van der Waals surface area contributed by atoms with Crippen molar-refractivity contribution < 1.29 is 23.8 Å². The van der Waals surface area contributed by atoms with Crippen LogP contribution in [0, 0.1) is 5.82 Å². The molecule has 0 amide bonds. The maximum atomic E-state index is 13.5. The molecule has 2 aromatic carbocycles. The van der Waals surface area contributed by atoms with Gasteiger partial charge in [0, 0.05) is 48.1 Å². The number of benzene rings is 2. The van der Waals surface area contributed by atoms with E-state index in [4.69, 9.17) is 21.1 Å². The summed E-state index contributed by atoms with van der Waals surface area (Å²) >= 11 is 6.15. The molecule has 0 unspecified atom stereocenters. The van der Waals surface area contributed by atoms with E-state index in [1.165, 1.54) is 12.1 Å². The molecular weight excluding hydrogens is 485 g/mol. The Morgan fingerprint density at radius 1 is 1.25 bits per heavy atom. The van der Waals surface area contributed by atoms with Gasteiger partial charge >= 0.3 is 5.97 Å². The maximum Gasteiger partial charge on any atom is 0.340 e. The van der Waals surface area contributed by atoms with Crippen LogP contribution in [0.3, 0.4) is 0 Å². The fourth-order valence-corrected chi connectivity index (χ4v) is 4.48. The van der Waals surface area contributed by atoms with Gasteiger partial charge in [-0.05, 0) is 51.4 Å². The Bertz CT molecular complexity index is 1420. The Morgan fingerprint density at radius 3 is 2.67 bits per heavy atom. The number of halogens is 2. The molecule has 0 aliphatic rings. The monoisotopic (exact) mass is 511 g/mol. The van der Waals surface area contributed by atoms with E-state index in [0.717, 1.165) is 17.1 Å². The fourth-order valence-electron chi connectivity index (χ4n) is 4.26. The predicted molar refractivity (Wildman–Crippen MR) is 137 cm³/mol. The van der Waals surface area contributed by atoms with Crippen LogP contribution in [-0.2, 0) is 24.9 Å². The third-order valence-corrected chi connectivity index (χ3v) is 6.16. The molecule has 36 heavy (non-hydrogen) atoms. The molecule has 1 N–H and O–H groups in total. The second-order valence-corrected chi connectivity index (χ2v) is 9.00. The van der Waals surface area contributed by atoms with Crippen LogP contribution in [0.2, 0.25) is 5.02 Å². The molecule has 2 aromatic heterocycles. The number of aryl methyl sites for hydroxylation is 1. The highest BCUT2D eigenvalue weighted by Crippen LogP contribution is 2.42. The van der Waals surface area contributed by atoms with Crippen LogP contribution in [0.4, 0.5) is 4.39 Å². The third kappa shape index (κ3) is 4.87. The number of rotatable bonds is 8. The average molecular weight is 512 g/mol. The van der Waals surface area contributed by atoms with Crippen molar-refractivity contribution in [1.82, 2.24) is 14.5 Å². The van der Waals surface area contributed by atoms with Gasteiger partial charge in [-0.25, -0.2) is 9.18 Å². The minimum Gasteiger partial charge on any atom is -0.507 e. The normalized spacial score (nSPS) is 11.3. The van der Waals surface area contributed by atoms with E-state index in [1.54, 1.807) is 25.4 Å². The van der Waals surface area contributed by atoms with Gasteiger partial charge in [-0.3, -0.25) is 4.98 Å². The number of ether oxygens (including phenoxy) is 2. The van der Waals surface area contributed by atoms with Gasteiger partial charge in [0.25, 0.3) is 0 Å². The molecule has 0 saturated heterocycles. The van der Waals surface area contributed by atoms with Gasteiger partial charge in [-0.2, -0.15) is 0 Å². The number of phenols is 1. The summed E-state index contributed by atoms with van der Waals surface area (Å²) in [6.07, 6.45) is 3.34. The molecule has 188 valence electrons. The van der Waals surface area contributed by atoms with Crippen LogP contribution in [0.15, 0.2) is 48.8 Å². The van der Waals surface area contributed by atoms with Crippen molar-refractivity contribution in [1.29, 1.82) is 0 Å². The van der Waals surface area contributed by atoms with E-state index in [-0.39, 0.29) is 29.7 Å². The molecule has 4 aromatic rings. The van der Waals surface area contributed by atoms with Crippen molar-refractivity contribution in [3.63, 3.8) is 0 Å². The minimum atomic E-state index is -0.527. The smallest absolute Gasteiger partial charge is 0.340 e. The van der Waals surface area contributed by atoms with Crippen LogP contribution in [-0.4, -0.2) is 46.2 Å². The van der Waals surface area contributed by atoms with Crippen molar-refractivity contribution in [2.45, 2.75) is 20.1 Å². The number of carbonyl (C=O) groups is 1. The second kappa shape index (κ2) is 10.6. The zero-order valence-corrected chi connectivity index (χ0v) is 21.3. The molecule has 0 fully saturated rings. The number of nitrogens with zero attached hydrogens (tertiary/aromatic N) is 3. The van der Waals surface area contributed by atoms with Gasteiger partial charge in [0.2, 0.25) is 0 Å². The number of fused-ring (bicyclic) bond motifs is 1. The molecule has 7 nitrogen and oxygen atoms in total. The summed E-state index contributed by atoms with van der Waals surface area (Å²) in [6, 6.07) is 9.35. The first-order chi connectivity index (χ1) is 17.2. The molecule has 0 saturated carbocycles. The summed E-state index contributed by atoms with van der Waals surface area (Å²) in [6.45, 7) is 2.25. The van der Waals surface area contributed by atoms with Crippen LogP contribution in [0.5, 0.6) is 11.5 Å². The quantitative estimate of drug-likeness (QED) is 0.312. The van der Waals surface area contributed by atoms with Crippen LogP contribution >= 0.6 is 11.6 Å². The summed E-state index contributed by atoms with van der Waals surface area (Å²) < 4.78 is 26.7. The van der Waals surface area contributed by atoms with Gasteiger partial charge in [0.1, 0.15) is 23.9 Å². The number of carbonyl (C=O) groups excluding carboxylic acids is 1. The minimum absolute atomic E-state index is 0.0327. The van der Waals surface area contributed by atoms with E-state index in [1.807, 2.05) is 42.7 Å². The summed E-state index contributed by atoms with van der Waals surface area (Å²) in [4.78, 5) is 19.3. The predicted octanol–water partition coefficient (Wildman–Crippen LogP) is 5.56. The van der Waals surface area contributed by atoms with Crippen LogP contribution in [0.25, 0.3) is 22.0 Å². The molecule has 0 bridgehead atoms. The zero-order chi connectivity index (χ0) is 26.0. The Hall–Kier alpha value is -3.62. The average Bonchev–Trinajstić information content (AvgIpc) is 3.12. The van der Waals surface area contributed by atoms with Crippen LogP contribution in [0.1, 0.15) is 28.5 Å². The van der Waals surface area contributed by atoms with Gasteiger partial charge in [-0.15, -0.1) is 0 Å². The Kier molecular flexibility index (Phi) is 7.47. The first-order valence-electron chi connectivity index (χ1n) is 11.4. The first kappa shape index (κ1) is 25.5. The lowest BCUT2D eigenvalue weighted by atomic mass is 9.96. The standard InChI is InChI=1S/C27H27ClFN3O4/c1-5-35-27(34)25-22(15-36-23-9-8-17(29)11-20(23)28)32(4)21-12-18(16-7-6-10-30-13-16)26(33)19(24(21)25)14-31(2)3/h6-13,33H,5,14-15H2,1-4H3. The number of hydrogen-bond acceptors (Lipinski definition) is 6. The van der Waals surface area contributed by atoms with Gasteiger partial charge < -0.3 is 24.0 Å². The summed E-state index contributed by atoms with van der Waals surface area (Å²) in [5.74, 6) is -0.656. The van der Waals surface area contributed by atoms with Crippen molar-refractivity contribution in [2.24, 2.45) is 7.05 Å². The number of aromatic nitrogens is 2. The molecule has 0 aliphatic heterocycles. The Labute approximate surface area is 213 Å². The lowest BCUT2D eigenvalue weighted by Crippen LogP contribution is -2.14. The van der Waals surface area contributed by atoms with Crippen molar-refractivity contribution in [2.75, 3.05) is 20.7 Å². The van der Waals surface area contributed by atoms with E-state index in [9.17, 15) is 14.3 Å². The number of esters is 1. The highest BCUT2D eigenvalue weighted by molar-refractivity contribution is 6.32. The molecule has 9 heteroatoms. The van der Waals surface area contributed by atoms with Gasteiger partial charge in [-0.1, -0.05) is 17.7 Å². The van der Waals surface area contributed by atoms with Crippen molar-refractivity contribution >= 4 is 28.5 Å². The van der Waals surface area contributed by atoms with Gasteiger partial charge in [0.05, 0.1) is 28.4 Å². The van der Waals surface area contributed by atoms with Crippen LogP contribution < -0.4 is 4.74 Å². The first-order valence-corrected chi connectivity index (χ1v) is 11.8. The number of phenolic OH excluding ortho intramolecular Hbond substituents is 1. The topological polar surface area (TPSA) is 76.8 Å². The molecule has 0 radical (unpaired) electrons. The number of hydrogen-bond donors (Lipinski definition) is 1. The summed E-state index contributed by atoms with van der Waals surface area (Å²) in [5, 5.41) is 12.1. The fraction of sp³-hybridized carbons (Fsp3) is 0.259. The van der Waals surface area contributed by atoms with E-state index < -0.39 is 11.8 Å². The molecular formula is C27H27ClFN3O4. The highest BCUT2D eigenvalue weighted by atomic mass is 35.5. The largest absolute Gasteiger partial charge is 0.507 e. The highest BCUT2D eigenvalue weighted by Gasteiger charge is 2.28. The van der Waals surface area contributed by atoms with Gasteiger partial charge in [0.15, 0.2) is 0 Å². The summed E-state index contributed by atoms with van der Waals surface area (Å²) in [7, 11) is 5.59. The molecule has 0 spiro atoms. The SMILES string of the molecule is CCOC(=O)c1c(COc2ccc(F)cc2Cl)n(C)c2cc(-c3cccnc3)c(O)c(CN(C)C)c12. The van der Waals surface area contributed by atoms with E-state index in [0.29, 0.717) is 34.3 Å². The zero-order valence-electron chi connectivity index (χ0n) is 20.5. The Balaban J connectivity index is 1.96. The van der Waals surface area contributed by atoms with Crippen molar-refractivity contribution in [3.05, 3.63) is 76.5 Å². The third-order valence-electron chi connectivity index (χ3n) is 5.87. The second-order valence-electron chi connectivity index (χ2n) is 8.59. The van der Waals surface area contributed by atoms with E-state index >= 15 is 0 Å². The molecule has 2 heterocycles. The molecule has 0 atom stereocenters. The molecule has 4 rings (SSSR count). The lowest BCUT2D eigenvalue weighted by molar-refractivity contribution is 0.0525. The maximum absolute atomic E-state index is 13.5. The van der Waals surface area contributed by atoms with Crippen molar-refractivity contribution in [3.8, 4) is 22.6 Å². The summed E-state index contributed by atoms with van der Waals surface area (Å²) in [5.41, 5.74) is 3.48. The van der Waals surface area contributed by atoms with E-state index in [2.05, 4.69) is 4.98 Å². The number of aromatic hydroxyl groups is 1. The lowest BCUT2D eigenvalue weighted by Gasteiger charge is -2.17.